The monoisotopic (exact) mass is 588 g/mol. The highest BCUT2D eigenvalue weighted by Gasteiger charge is 2.20. The van der Waals surface area contributed by atoms with Crippen molar-refractivity contribution in [2.45, 2.75) is 53.7 Å². The van der Waals surface area contributed by atoms with Crippen molar-refractivity contribution in [1.82, 2.24) is 5.32 Å². The number of oxime groups is 1. The highest BCUT2D eigenvalue weighted by molar-refractivity contribution is 6.02. The first-order valence-corrected chi connectivity index (χ1v) is 14.1. The second kappa shape index (κ2) is 14.9. The van der Waals surface area contributed by atoms with Crippen molar-refractivity contribution in [3.8, 4) is 11.1 Å². The normalized spacial score (nSPS) is 11.6. The van der Waals surface area contributed by atoms with Crippen molar-refractivity contribution in [2.75, 3.05) is 18.5 Å². The smallest absolute Gasteiger partial charge is 0.462 e. The van der Waals surface area contributed by atoms with Crippen LogP contribution in [-0.2, 0) is 20.9 Å². The van der Waals surface area contributed by atoms with Crippen molar-refractivity contribution < 1.29 is 28.7 Å². The van der Waals surface area contributed by atoms with Gasteiger partial charge in [-0.25, -0.2) is 9.59 Å². The minimum atomic E-state index is -0.942. The molecule has 0 bridgehead atoms. The number of nitrogens with two attached hydrogens (primary N) is 1. The number of amides is 1. The molecule has 0 saturated heterocycles. The van der Waals surface area contributed by atoms with E-state index in [4.69, 9.17) is 20.0 Å². The molecule has 0 aliphatic carbocycles. The Kier molecular flexibility index (Phi) is 11.3. The topological polar surface area (TPSA) is 141 Å². The van der Waals surface area contributed by atoms with E-state index in [-0.39, 0.29) is 18.3 Å². The fourth-order valence-corrected chi connectivity index (χ4v) is 4.00. The van der Waals surface area contributed by atoms with Gasteiger partial charge in [-0.3, -0.25) is 9.63 Å². The Morgan fingerprint density at radius 2 is 1.60 bits per heavy atom. The zero-order valence-electron chi connectivity index (χ0n) is 25.5. The Hall–Kier alpha value is -4.86. The highest BCUT2D eigenvalue weighted by atomic mass is 16.8. The molecule has 0 unspecified atom stereocenters. The first-order chi connectivity index (χ1) is 20.4. The number of benzene rings is 3. The van der Waals surface area contributed by atoms with Crippen molar-refractivity contribution in [3.63, 3.8) is 0 Å². The van der Waals surface area contributed by atoms with E-state index < -0.39 is 17.7 Å². The number of anilines is 1. The maximum atomic E-state index is 13.0. The Balaban J connectivity index is 1.79. The number of ether oxygens (including phenoxy) is 2. The Labute approximate surface area is 252 Å². The number of carbonyl (C=O) groups excluding carboxylic acids is 3. The molecule has 0 saturated carbocycles. The molecule has 0 heterocycles. The summed E-state index contributed by atoms with van der Waals surface area (Å²) in [7, 11) is 0. The van der Waals surface area contributed by atoms with Crippen LogP contribution in [0.5, 0.6) is 0 Å². The fourth-order valence-electron chi connectivity index (χ4n) is 4.00. The molecule has 1 amide bonds. The van der Waals surface area contributed by atoms with Crippen LogP contribution >= 0.6 is 0 Å². The quantitative estimate of drug-likeness (QED) is 0.0802. The van der Waals surface area contributed by atoms with Crippen molar-refractivity contribution in [3.05, 3.63) is 89.0 Å². The molecule has 3 rings (SSSR count). The molecule has 10 heteroatoms. The molecule has 3 aromatic rings. The second-order valence-electron chi connectivity index (χ2n) is 11.2. The largest absolute Gasteiger partial charge is 0.535 e. The zero-order chi connectivity index (χ0) is 31.6. The number of nitrogens with one attached hydrogen (secondary N) is 2. The third-order valence-corrected chi connectivity index (χ3v) is 6.03. The van der Waals surface area contributed by atoms with E-state index in [1.165, 1.54) is 0 Å². The summed E-state index contributed by atoms with van der Waals surface area (Å²) in [6.45, 7) is 12.1. The predicted octanol–water partition coefficient (Wildman–Crippen LogP) is 6.10. The van der Waals surface area contributed by atoms with Gasteiger partial charge in [0.15, 0.2) is 5.84 Å². The van der Waals surface area contributed by atoms with Crippen LogP contribution in [0.25, 0.3) is 11.1 Å². The van der Waals surface area contributed by atoms with Gasteiger partial charge in [-0.05, 0) is 86.7 Å². The molecule has 0 radical (unpaired) electrons. The summed E-state index contributed by atoms with van der Waals surface area (Å²) in [6.07, 6.45) is -0.942. The van der Waals surface area contributed by atoms with Crippen LogP contribution in [0.4, 0.5) is 10.5 Å². The minimum absolute atomic E-state index is 0.0237. The van der Waals surface area contributed by atoms with Gasteiger partial charge in [0.2, 0.25) is 0 Å². The van der Waals surface area contributed by atoms with Crippen LogP contribution in [0.3, 0.4) is 0 Å². The van der Waals surface area contributed by atoms with Gasteiger partial charge in [-0.1, -0.05) is 49.3 Å². The lowest BCUT2D eigenvalue weighted by atomic mass is 9.93. The molecular weight excluding hydrogens is 548 g/mol. The molecule has 0 aromatic heterocycles. The summed E-state index contributed by atoms with van der Waals surface area (Å²) < 4.78 is 10.4. The van der Waals surface area contributed by atoms with Crippen LogP contribution in [-0.4, -0.2) is 42.6 Å². The van der Waals surface area contributed by atoms with E-state index in [1.807, 2.05) is 50.2 Å². The van der Waals surface area contributed by atoms with Crippen LogP contribution in [0.15, 0.2) is 71.9 Å². The van der Waals surface area contributed by atoms with E-state index >= 15 is 0 Å². The lowest BCUT2D eigenvalue weighted by Gasteiger charge is -2.17. The third kappa shape index (κ3) is 9.88. The predicted molar refractivity (Wildman–Crippen MR) is 167 cm³/mol. The molecule has 4 N–H and O–H groups in total. The Bertz CT molecular complexity index is 1460. The van der Waals surface area contributed by atoms with Gasteiger partial charge in [-0.2, -0.15) is 0 Å². The van der Waals surface area contributed by atoms with Crippen LogP contribution < -0.4 is 16.4 Å². The molecule has 0 fully saturated rings. The van der Waals surface area contributed by atoms with Gasteiger partial charge in [-0.15, -0.1) is 0 Å². The summed E-state index contributed by atoms with van der Waals surface area (Å²) in [6, 6.07) is 19.9. The van der Waals surface area contributed by atoms with Crippen molar-refractivity contribution in [1.29, 1.82) is 0 Å². The maximum absolute atomic E-state index is 13.0. The molecule has 228 valence electrons. The summed E-state index contributed by atoms with van der Waals surface area (Å²) in [5, 5.41) is 9.92. The lowest BCUT2D eigenvalue weighted by molar-refractivity contribution is -0.00627. The average Bonchev–Trinajstić information content (AvgIpc) is 2.97. The summed E-state index contributed by atoms with van der Waals surface area (Å²) in [5.74, 6) is -0.418. The number of carbonyl (C=O) groups is 3. The lowest BCUT2D eigenvalue weighted by Crippen LogP contribution is -2.27. The van der Waals surface area contributed by atoms with E-state index in [1.54, 1.807) is 58.0 Å². The summed E-state index contributed by atoms with van der Waals surface area (Å²) in [4.78, 5) is 42.2. The first kappa shape index (κ1) is 32.7. The van der Waals surface area contributed by atoms with E-state index in [0.29, 0.717) is 41.3 Å². The molecule has 10 nitrogen and oxygen atoms in total. The average molecular weight is 589 g/mol. The van der Waals surface area contributed by atoms with Gasteiger partial charge < -0.3 is 25.8 Å². The van der Waals surface area contributed by atoms with Crippen LogP contribution in [0.1, 0.15) is 73.4 Å². The van der Waals surface area contributed by atoms with Gasteiger partial charge in [0.1, 0.15) is 5.60 Å². The molecular formula is C33H40N4O6. The van der Waals surface area contributed by atoms with E-state index in [0.717, 1.165) is 16.8 Å². The van der Waals surface area contributed by atoms with Crippen molar-refractivity contribution in [2.24, 2.45) is 16.8 Å². The number of nitrogens with zero attached hydrogens (tertiary/aromatic N) is 1. The Morgan fingerprint density at radius 1 is 0.930 bits per heavy atom. The minimum Gasteiger partial charge on any atom is -0.462 e. The third-order valence-electron chi connectivity index (χ3n) is 6.03. The second-order valence-corrected chi connectivity index (χ2v) is 11.2. The molecule has 3 aromatic carbocycles. The van der Waals surface area contributed by atoms with Crippen LogP contribution in [0, 0.1) is 5.92 Å². The fraction of sp³-hybridized carbons (Fsp3) is 0.333. The molecule has 0 aliphatic rings. The number of amidine groups is 1. The molecule has 0 atom stereocenters. The summed E-state index contributed by atoms with van der Waals surface area (Å²) in [5.41, 5.74) is 9.76. The van der Waals surface area contributed by atoms with E-state index in [9.17, 15) is 14.4 Å². The number of hydrogen-bond donors (Lipinski definition) is 3. The molecule has 0 spiro atoms. The standard InChI is InChI=1S/C33H40N4O6/c1-7-41-31(39)28-18-23(30(38)36-19-21(2)3)14-17-27(28)26-11-9-8-10-24(26)20-35-25-15-12-22(13-16-25)29(34)37-43-32(40)42-33(4,5)6/h8-18,21,35H,7,19-20H2,1-6H3,(H2,34,37)(H,36,38). The number of hydrogen-bond acceptors (Lipinski definition) is 8. The van der Waals surface area contributed by atoms with Gasteiger partial charge in [0.25, 0.3) is 5.91 Å². The zero-order valence-corrected chi connectivity index (χ0v) is 25.5. The van der Waals surface area contributed by atoms with Crippen LogP contribution in [0.2, 0.25) is 0 Å². The SMILES string of the molecule is CCOC(=O)c1cc(C(=O)NCC(C)C)ccc1-c1ccccc1CNc1ccc(C(N)=NOC(=O)OC(C)(C)C)cc1. The summed E-state index contributed by atoms with van der Waals surface area (Å²) >= 11 is 0. The van der Waals surface area contributed by atoms with E-state index in [2.05, 4.69) is 15.8 Å². The Morgan fingerprint density at radius 3 is 2.26 bits per heavy atom. The number of esters is 1. The highest BCUT2D eigenvalue weighted by Crippen LogP contribution is 2.30. The maximum Gasteiger partial charge on any atom is 0.535 e. The van der Waals surface area contributed by atoms with Gasteiger partial charge in [0, 0.05) is 29.9 Å². The number of rotatable bonds is 11. The molecule has 0 aliphatic heterocycles. The van der Waals surface area contributed by atoms with Gasteiger partial charge >= 0.3 is 12.1 Å². The van der Waals surface area contributed by atoms with Crippen molar-refractivity contribution >= 4 is 29.6 Å². The first-order valence-electron chi connectivity index (χ1n) is 14.1. The molecule has 43 heavy (non-hydrogen) atoms. The van der Waals surface area contributed by atoms with Gasteiger partial charge in [0.05, 0.1) is 12.2 Å².